The van der Waals surface area contributed by atoms with E-state index in [0.717, 1.165) is 19.4 Å². The van der Waals surface area contributed by atoms with Crippen molar-refractivity contribution in [3.63, 3.8) is 0 Å². The molecule has 0 heterocycles. The number of rotatable bonds is 8. The molecule has 0 aromatic carbocycles. The Bertz CT molecular complexity index is 279. The summed E-state index contributed by atoms with van der Waals surface area (Å²) in [5.41, 5.74) is 0. The van der Waals surface area contributed by atoms with Crippen LogP contribution in [0.3, 0.4) is 0 Å². The Morgan fingerprint density at radius 1 is 1.39 bits per heavy atom. The maximum Gasteiger partial charge on any atom is 0.310 e. The van der Waals surface area contributed by atoms with Crippen molar-refractivity contribution in [2.45, 2.75) is 58.2 Å². The van der Waals surface area contributed by atoms with Gasteiger partial charge in [-0.2, -0.15) is 0 Å². The molecular formula is C14H28O3Si. The van der Waals surface area contributed by atoms with Gasteiger partial charge in [-0.15, -0.1) is 6.58 Å². The van der Waals surface area contributed by atoms with Crippen LogP contribution in [0.4, 0.5) is 0 Å². The Morgan fingerprint density at radius 3 is 2.33 bits per heavy atom. The molecule has 0 aliphatic heterocycles. The third kappa shape index (κ3) is 5.82. The predicted molar refractivity (Wildman–Crippen MR) is 78.3 cm³/mol. The molecule has 1 N–H and O–H groups in total. The molecule has 0 bridgehead atoms. The summed E-state index contributed by atoms with van der Waals surface area (Å²) in [5.74, 6) is -1.20. The lowest BCUT2D eigenvalue weighted by atomic mass is 10.0. The molecule has 0 aliphatic carbocycles. The molecule has 0 fully saturated rings. The maximum atomic E-state index is 10.8. The number of unbranched alkanes of at least 4 members (excludes halogenated alkanes) is 1. The van der Waals surface area contributed by atoms with Gasteiger partial charge in [0.25, 0.3) is 0 Å². The molecular weight excluding hydrogens is 244 g/mol. The Balaban J connectivity index is 3.88. The van der Waals surface area contributed by atoms with E-state index < -0.39 is 20.2 Å². The van der Waals surface area contributed by atoms with Crippen molar-refractivity contribution < 1.29 is 14.3 Å². The van der Waals surface area contributed by atoms with E-state index in [9.17, 15) is 4.79 Å². The average molecular weight is 272 g/mol. The lowest BCUT2D eigenvalue weighted by Crippen LogP contribution is -2.40. The molecule has 0 spiro atoms. The minimum absolute atomic E-state index is 0.234. The van der Waals surface area contributed by atoms with Crippen molar-refractivity contribution in [3.05, 3.63) is 12.7 Å². The third-order valence-corrected chi connectivity index (χ3v) is 8.32. The zero-order chi connectivity index (χ0) is 14.4. The first-order chi connectivity index (χ1) is 8.12. The molecule has 0 radical (unpaired) electrons. The highest BCUT2D eigenvalue weighted by molar-refractivity contribution is 6.74. The van der Waals surface area contributed by atoms with E-state index >= 15 is 0 Å². The second kappa shape index (κ2) is 7.09. The second-order valence-corrected chi connectivity index (χ2v) is 11.1. The van der Waals surface area contributed by atoms with E-state index in [2.05, 4.69) is 40.4 Å². The summed E-state index contributed by atoms with van der Waals surface area (Å²) < 4.78 is 6.04. The van der Waals surface area contributed by atoms with Gasteiger partial charge in [0.15, 0.2) is 8.32 Å². The summed E-state index contributed by atoms with van der Waals surface area (Å²) >= 11 is 0. The highest BCUT2D eigenvalue weighted by atomic mass is 28.4. The molecule has 0 aliphatic rings. The average Bonchev–Trinajstić information content (AvgIpc) is 2.20. The number of carboxylic acids is 1. The molecule has 0 amide bonds. The highest BCUT2D eigenvalue weighted by Gasteiger charge is 2.36. The van der Waals surface area contributed by atoms with Gasteiger partial charge in [-0.1, -0.05) is 33.3 Å². The van der Waals surface area contributed by atoms with Crippen LogP contribution in [0.5, 0.6) is 0 Å². The monoisotopic (exact) mass is 272 g/mol. The van der Waals surface area contributed by atoms with Crippen LogP contribution in [0.2, 0.25) is 18.1 Å². The van der Waals surface area contributed by atoms with Crippen molar-refractivity contribution >= 4 is 14.3 Å². The molecule has 3 nitrogen and oxygen atoms in total. The maximum absolute atomic E-state index is 10.8. The lowest BCUT2D eigenvalue weighted by molar-refractivity contribution is -0.140. The number of carboxylic acid groups (broad SMARTS) is 1. The van der Waals surface area contributed by atoms with Crippen molar-refractivity contribution in [3.8, 4) is 0 Å². The van der Waals surface area contributed by atoms with Crippen LogP contribution >= 0.6 is 0 Å². The molecule has 0 saturated heterocycles. The number of hydrogen-bond donors (Lipinski definition) is 1. The van der Waals surface area contributed by atoms with Gasteiger partial charge in [0.2, 0.25) is 0 Å². The predicted octanol–water partition coefficient (Wildman–Crippen LogP) is 4.07. The van der Waals surface area contributed by atoms with Crippen LogP contribution in [0, 0.1) is 5.92 Å². The molecule has 0 saturated carbocycles. The minimum Gasteiger partial charge on any atom is -0.481 e. The molecule has 1 unspecified atom stereocenters. The first-order valence-electron chi connectivity index (χ1n) is 6.61. The standard InChI is InChI=1S/C14H28O3Si/c1-7-12(13(15)16)10-8-9-11-17-18(5,6)14(2,3)4/h7,12H,1,8-11H2,2-6H3,(H,15,16). The Hall–Kier alpha value is -0.613. The number of carbonyl (C=O) groups is 1. The fourth-order valence-electron chi connectivity index (χ4n) is 1.35. The van der Waals surface area contributed by atoms with E-state index in [1.807, 2.05) is 0 Å². The van der Waals surface area contributed by atoms with Crippen LogP contribution < -0.4 is 0 Å². The van der Waals surface area contributed by atoms with E-state index in [1.165, 1.54) is 6.08 Å². The van der Waals surface area contributed by atoms with Crippen LogP contribution in [0.15, 0.2) is 12.7 Å². The largest absolute Gasteiger partial charge is 0.481 e. The highest BCUT2D eigenvalue weighted by Crippen LogP contribution is 2.36. The van der Waals surface area contributed by atoms with Crippen LogP contribution in [-0.2, 0) is 9.22 Å². The van der Waals surface area contributed by atoms with Crippen LogP contribution in [0.1, 0.15) is 40.0 Å². The van der Waals surface area contributed by atoms with E-state index in [4.69, 9.17) is 9.53 Å². The SMILES string of the molecule is C=CC(CCCCO[Si](C)(C)C(C)(C)C)C(=O)O. The molecule has 4 heteroatoms. The van der Waals surface area contributed by atoms with Gasteiger partial charge in [0.05, 0.1) is 5.92 Å². The van der Waals surface area contributed by atoms with Gasteiger partial charge in [0.1, 0.15) is 0 Å². The van der Waals surface area contributed by atoms with Crippen molar-refractivity contribution in [2.75, 3.05) is 6.61 Å². The first-order valence-corrected chi connectivity index (χ1v) is 9.52. The van der Waals surface area contributed by atoms with Gasteiger partial charge < -0.3 is 9.53 Å². The van der Waals surface area contributed by atoms with Crippen molar-refractivity contribution in [1.29, 1.82) is 0 Å². The molecule has 106 valence electrons. The molecule has 0 aromatic rings. The molecule has 1 atom stereocenters. The summed E-state index contributed by atoms with van der Waals surface area (Å²) in [5, 5.41) is 9.10. The quantitative estimate of drug-likeness (QED) is 0.412. The van der Waals surface area contributed by atoms with Crippen molar-refractivity contribution in [2.24, 2.45) is 5.92 Å². The third-order valence-electron chi connectivity index (χ3n) is 3.78. The summed E-state index contributed by atoms with van der Waals surface area (Å²) in [6.45, 7) is 15.4. The Labute approximate surface area is 112 Å². The van der Waals surface area contributed by atoms with Crippen molar-refractivity contribution in [1.82, 2.24) is 0 Å². The molecule has 0 rings (SSSR count). The Kier molecular flexibility index (Phi) is 6.85. The molecule has 18 heavy (non-hydrogen) atoms. The summed E-state index contributed by atoms with van der Waals surface area (Å²) in [4.78, 5) is 10.8. The van der Waals surface area contributed by atoms with Gasteiger partial charge in [-0.3, -0.25) is 4.79 Å². The number of aliphatic carboxylic acids is 1. The normalized spacial score (nSPS) is 14.3. The van der Waals surface area contributed by atoms with Crippen LogP contribution in [0.25, 0.3) is 0 Å². The Morgan fingerprint density at radius 2 is 1.94 bits per heavy atom. The van der Waals surface area contributed by atoms with E-state index in [-0.39, 0.29) is 5.04 Å². The topological polar surface area (TPSA) is 46.5 Å². The fraction of sp³-hybridized carbons (Fsp3) is 0.786. The zero-order valence-electron chi connectivity index (χ0n) is 12.5. The summed E-state index contributed by atoms with van der Waals surface area (Å²) in [6.07, 6.45) is 3.96. The fourth-order valence-corrected chi connectivity index (χ4v) is 2.44. The van der Waals surface area contributed by atoms with E-state index in [0.29, 0.717) is 6.42 Å². The van der Waals surface area contributed by atoms with Gasteiger partial charge >= 0.3 is 5.97 Å². The zero-order valence-corrected chi connectivity index (χ0v) is 13.5. The summed E-state index contributed by atoms with van der Waals surface area (Å²) in [6, 6.07) is 0. The van der Waals surface area contributed by atoms with Gasteiger partial charge in [0, 0.05) is 6.61 Å². The first kappa shape index (κ1) is 17.4. The van der Waals surface area contributed by atoms with Gasteiger partial charge in [-0.05, 0) is 31.0 Å². The molecule has 0 aromatic heterocycles. The minimum atomic E-state index is -1.65. The van der Waals surface area contributed by atoms with Gasteiger partial charge in [-0.25, -0.2) is 0 Å². The van der Waals surface area contributed by atoms with E-state index in [1.54, 1.807) is 0 Å². The smallest absolute Gasteiger partial charge is 0.310 e. The summed E-state index contributed by atoms with van der Waals surface area (Å²) in [7, 11) is -1.65. The lowest BCUT2D eigenvalue weighted by Gasteiger charge is -2.36. The van der Waals surface area contributed by atoms with Crippen LogP contribution in [-0.4, -0.2) is 26.0 Å². The number of hydrogen-bond acceptors (Lipinski definition) is 2. The second-order valence-electron chi connectivity index (χ2n) is 6.28.